The second-order valence-corrected chi connectivity index (χ2v) is 9.50. The standard InChI is InChI=1S/C29H36N4O2/c1-31(2)19-20-33-22-25(28(23-11-5-3-6-12-23)24-13-7-4-8-14-24)21-26(33)29(35)30-16-10-18-32-17-9-15-27(32)34/h3-8,11-14,21-22,28H,9-10,15-20H2,1-2H3,(H,30,35). The molecule has 2 amide bonds. The van der Waals surface area contributed by atoms with E-state index < -0.39 is 0 Å². The number of amides is 2. The van der Waals surface area contributed by atoms with Crippen LogP contribution in [0.4, 0.5) is 0 Å². The number of likely N-dealkylation sites (tertiary alicyclic amines) is 1. The van der Waals surface area contributed by atoms with Gasteiger partial charge in [-0.15, -0.1) is 0 Å². The zero-order valence-electron chi connectivity index (χ0n) is 20.8. The highest BCUT2D eigenvalue weighted by Gasteiger charge is 2.23. The molecule has 6 nitrogen and oxygen atoms in total. The lowest BCUT2D eigenvalue weighted by molar-refractivity contribution is -0.127. The van der Waals surface area contributed by atoms with Gasteiger partial charge in [-0.25, -0.2) is 0 Å². The smallest absolute Gasteiger partial charge is 0.267 e. The molecule has 0 unspecified atom stereocenters. The Balaban J connectivity index is 1.55. The molecule has 4 rings (SSSR count). The van der Waals surface area contributed by atoms with Crippen LogP contribution in [0.3, 0.4) is 0 Å². The average molecular weight is 473 g/mol. The average Bonchev–Trinajstić information content (AvgIpc) is 3.48. The molecule has 1 aromatic heterocycles. The number of likely N-dealkylation sites (N-methyl/N-ethyl adjacent to an activating group) is 1. The number of benzene rings is 2. The van der Waals surface area contributed by atoms with Gasteiger partial charge in [-0.1, -0.05) is 60.7 Å². The summed E-state index contributed by atoms with van der Waals surface area (Å²) in [4.78, 5) is 29.1. The summed E-state index contributed by atoms with van der Waals surface area (Å²) in [5, 5.41) is 3.09. The first-order valence-corrected chi connectivity index (χ1v) is 12.5. The highest BCUT2D eigenvalue weighted by atomic mass is 16.2. The summed E-state index contributed by atoms with van der Waals surface area (Å²) in [5.41, 5.74) is 4.18. The van der Waals surface area contributed by atoms with Crippen molar-refractivity contribution in [2.24, 2.45) is 0 Å². The Morgan fingerprint density at radius 1 is 0.971 bits per heavy atom. The fraction of sp³-hybridized carbons (Fsp3) is 0.379. The fourth-order valence-electron chi connectivity index (χ4n) is 4.75. The third-order valence-electron chi connectivity index (χ3n) is 6.60. The van der Waals surface area contributed by atoms with Gasteiger partial charge in [0.2, 0.25) is 5.91 Å². The maximum absolute atomic E-state index is 13.3. The quantitative estimate of drug-likeness (QED) is 0.430. The lowest BCUT2D eigenvalue weighted by Gasteiger charge is -2.17. The first kappa shape index (κ1) is 24.7. The van der Waals surface area contributed by atoms with Crippen LogP contribution < -0.4 is 5.32 Å². The monoisotopic (exact) mass is 472 g/mol. The van der Waals surface area contributed by atoms with Crippen molar-refractivity contribution in [3.8, 4) is 0 Å². The van der Waals surface area contributed by atoms with Crippen LogP contribution in [0.2, 0.25) is 0 Å². The molecule has 3 aromatic rings. The summed E-state index contributed by atoms with van der Waals surface area (Å²) in [7, 11) is 4.08. The highest BCUT2D eigenvalue weighted by Crippen LogP contribution is 2.33. The van der Waals surface area contributed by atoms with Gasteiger partial charge in [0.1, 0.15) is 5.69 Å². The third-order valence-corrected chi connectivity index (χ3v) is 6.60. The van der Waals surface area contributed by atoms with Gasteiger partial charge in [-0.05, 0) is 49.7 Å². The van der Waals surface area contributed by atoms with E-state index in [2.05, 4.69) is 69.5 Å². The number of carbonyl (C=O) groups is 2. The van der Waals surface area contributed by atoms with Crippen LogP contribution in [0.15, 0.2) is 72.9 Å². The van der Waals surface area contributed by atoms with Crippen LogP contribution in [0.5, 0.6) is 0 Å². The van der Waals surface area contributed by atoms with Crippen molar-refractivity contribution in [3.63, 3.8) is 0 Å². The number of hydrogen-bond donors (Lipinski definition) is 1. The minimum absolute atomic E-state index is 0.0470. The molecule has 6 heteroatoms. The molecule has 0 bridgehead atoms. The number of aromatic nitrogens is 1. The van der Waals surface area contributed by atoms with Gasteiger partial charge in [0, 0.05) is 51.3 Å². The van der Waals surface area contributed by atoms with Gasteiger partial charge in [-0.2, -0.15) is 0 Å². The maximum atomic E-state index is 13.3. The van der Waals surface area contributed by atoms with Crippen LogP contribution in [0.25, 0.3) is 0 Å². The molecule has 0 saturated carbocycles. The molecule has 0 radical (unpaired) electrons. The van der Waals surface area contributed by atoms with Gasteiger partial charge < -0.3 is 19.7 Å². The summed E-state index contributed by atoms with van der Waals surface area (Å²) in [6.45, 7) is 3.67. The van der Waals surface area contributed by atoms with Gasteiger partial charge >= 0.3 is 0 Å². The number of nitrogens with one attached hydrogen (secondary N) is 1. The van der Waals surface area contributed by atoms with Crippen molar-refractivity contribution in [2.45, 2.75) is 31.7 Å². The second-order valence-electron chi connectivity index (χ2n) is 9.50. The molecule has 2 aromatic carbocycles. The molecular weight excluding hydrogens is 436 g/mol. The predicted molar refractivity (Wildman–Crippen MR) is 140 cm³/mol. The first-order chi connectivity index (χ1) is 17.0. The molecule has 184 valence electrons. The normalized spacial score (nSPS) is 13.7. The van der Waals surface area contributed by atoms with Crippen LogP contribution in [0, 0.1) is 0 Å². The zero-order valence-corrected chi connectivity index (χ0v) is 20.8. The Hall–Kier alpha value is -3.38. The van der Waals surface area contributed by atoms with Crippen molar-refractivity contribution in [2.75, 3.05) is 40.3 Å². The third kappa shape index (κ3) is 6.40. The van der Waals surface area contributed by atoms with E-state index in [1.54, 1.807) is 0 Å². The molecule has 1 N–H and O–H groups in total. The van der Waals surface area contributed by atoms with E-state index in [4.69, 9.17) is 0 Å². The number of rotatable bonds is 11. The Morgan fingerprint density at radius 2 is 1.63 bits per heavy atom. The molecule has 1 aliphatic heterocycles. The Morgan fingerprint density at radius 3 is 2.20 bits per heavy atom. The second kappa shape index (κ2) is 11.8. The molecule has 1 saturated heterocycles. The van der Waals surface area contributed by atoms with E-state index in [1.807, 2.05) is 37.2 Å². The number of hydrogen-bond acceptors (Lipinski definition) is 3. The topological polar surface area (TPSA) is 57.6 Å². The molecular formula is C29H36N4O2. The van der Waals surface area contributed by atoms with Crippen molar-refractivity contribution in [1.29, 1.82) is 0 Å². The molecule has 35 heavy (non-hydrogen) atoms. The largest absolute Gasteiger partial charge is 0.351 e. The summed E-state index contributed by atoms with van der Waals surface area (Å²) in [6.07, 6.45) is 4.49. The lowest BCUT2D eigenvalue weighted by Crippen LogP contribution is -2.31. The van der Waals surface area contributed by atoms with E-state index in [0.717, 1.165) is 38.0 Å². The summed E-state index contributed by atoms with van der Waals surface area (Å²) >= 11 is 0. The fourth-order valence-corrected chi connectivity index (χ4v) is 4.75. The van der Waals surface area contributed by atoms with Crippen LogP contribution in [-0.2, 0) is 11.3 Å². The van der Waals surface area contributed by atoms with Crippen LogP contribution in [-0.4, -0.2) is 66.5 Å². The van der Waals surface area contributed by atoms with E-state index in [9.17, 15) is 9.59 Å². The summed E-state index contributed by atoms with van der Waals surface area (Å²) in [5.74, 6) is 0.208. The minimum atomic E-state index is -0.0670. The van der Waals surface area contributed by atoms with E-state index >= 15 is 0 Å². The van der Waals surface area contributed by atoms with Crippen molar-refractivity contribution in [1.82, 2.24) is 19.7 Å². The SMILES string of the molecule is CN(C)CCn1cc(C(c2ccccc2)c2ccccc2)cc1C(=O)NCCCN1CCCC1=O. The van der Waals surface area contributed by atoms with Crippen molar-refractivity contribution < 1.29 is 9.59 Å². The van der Waals surface area contributed by atoms with Gasteiger partial charge in [0.15, 0.2) is 0 Å². The molecule has 0 atom stereocenters. The van der Waals surface area contributed by atoms with Gasteiger partial charge in [0.05, 0.1) is 0 Å². The maximum Gasteiger partial charge on any atom is 0.267 e. The number of carbonyl (C=O) groups excluding carboxylic acids is 2. The van der Waals surface area contributed by atoms with Gasteiger partial charge in [-0.3, -0.25) is 9.59 Å². The van der Waals surface area contributed by atoms with Crippen molar-refractivity contribution >= 4 is 11.8 Å². The summed E-state index contributed by atoms with van der Waals surface area (Å²) in [6, 6.07) is 22.9. The summed E-state index contributed by atoms with van der Waals surface area (Å²) < 4.78 is 2.08. The zero-order chi connectivity index (χ0) is 24.6. The predicted octanol–water partition coefficient (Wildman–Crippen LogP) is 3.97. The minimum Gasteiger partial charge on any atom is -0.351 e. The van der Waals surface area contributed by atoms with E-state index in [1.165, 1.54) is 11.1 Å². The molecule has 1 fully saturated rings. The number of nitrogens with zero attached hydrogens (tertiary/aromatic N) is 3. The molecule has 0 spiro atoms. The first-order valence-electron chi connectivity index (χ1n) is 12.5. The molecule has 1 aliphatic rings. The Bertz CT molecular complexity index is 1070. The van der Waals surface area contributed by atoms with Crippen LogP contribution >= 0.6 is 0 Å². The Kier molecular flexibility index (Phi) is 8.37. The van der Waals surface area contributed by atoms with Gasteiger partial charge in [0.25, 0.3) is 5.91 Å². The van der Waals surface area contributed by atoms with E-state index in [0.29, 0.717) is 25.2 Å². The van der Waals surface area contributed by atoms with Crippen LogP contribution in [0.1, 0.15) is 52.4 Å². The molecule has 2 heterocycles. The highest BCUT2D eigenvalue weighted by molar-refractivity contribution is 5.93. The Labute approximate surface area is 208 Å². The van der Waals surface area contributed by atoms with Crippen molar-refractivity contribution in [3.05, 3.63) is 95.3 Å². The molecule has 0 aliphatic carbocycles. The lowest BCUT2D eigenvalue weighted by atomic mass is 9.86. The van der Waals surface area contributed by atoms with E-state index in [-0.39, 0.29) is 17.7 Å².